The minimum absolute atomic E-state index is 0.0867. The van der Waals surface area contributed by atoms with Gasteiger partial charge in [-0.1, -0.05) is 36.4 Å². The van der Waals surface area contributed by atoms with Gasteiger partial charge >= 0.3 is 0 Å². The molecule has 5 aromatic rings. The lowest BCUT2D eigenvalue weighted by molar-refractivity contribution is 0.377. The van der Waals surface area contributed by atoms with E-state index in [2.05, 4.69) is 20.9 Å². The molecule has 0 bridgehead atoms. The molecule has 0 spiro atoms. The number of nitrogens with one attached hydrogen (secondary N) is 1. The highest BCUT2D eigenvalue weighted by molar-refractivity contribution is 5.81. The molecule has 0 atom stereocenters. The van der Waals surface area contributed by atoms with E-state index in [9.17, 15) is 4.79 Å². The van der Waals surface area contributed by atoms with Crippen LogP contribution in [-0.2, 0) is 0 Å². The van der Waals surface area contributed by atoms with Crippen LogP contribution in [0.15, 0.2) is 96.1 Å². The zero-order valence-electron chi connectivity index (χ0n) is 18.8. The van der Waals surface area contributed by atoms with E-state index in [-0.39, 0.29) is 11.6 Å². The molecule has 1 aliphatic rings. The van der Waals surface area contributed by atoms with Gasteiger partial charge in [-0.15, -0.1) is 0 Å². The Labute approximate surface area is 197 Å². The molecule has 0 aliphatic carbocycles. The van der Waals surface area contributed by atoms with Gasteiger partial charge in [0.15, 0.2) is 0 Å². The summed E-state index contributed by atoms with van der Waals surface area (Å²) < 4.78 is 4.00. The average Bonchev–Trinajstić information content (AvgIpc) is 3.30. The standard InChI is InChI=1S/C28H25N5O/c34-28-23(27-31-25-11-4-5-12-26(25)33(27)22-13-16-29-17-14-22)18-20(24-10-6-7-15-30-24)19-32(28)21-8-2-1-3-9-21/h1-12,15,18-19,22,29H,13-14,16-17H2. The molecular weight excluding hydrogens is 422 g/mol. The lowest BCUT2D eigenvalue weighted by Crippen LogP contribution is -2.30. The van der Waals surface area contributed by atoms with Crippen molar-refractivity contribution in [1.82, 2.24) is 24.4 Å². The van der Waals surface area contributed by atoms with Gasteiger partial charge < -0.3 is 9.88 Å². The van der Waals surface area contributed by atoms with Crippen molar-refractivity contribution in [3.05, 3.63) is 102 Å². The second-order valence-corrected chi connectivity index (χ2v) is 8.64. The number of nitrogens with zero attached hydrogens (tertiary/aromatic N) is 4. The Morgan fingerprint density at radius 3 is 2.44 bits per heavy atom. The summed E-state index contributed by atoms with van der Waals surface area (Å²) in [4.78, 5) is 23.5. The Kier molecular flexibility index (Phi) is 5.28. The highest BCUT2D eigenvalue weighted by Gasteiger charge is 2.24. The minimum Gasteiger partial charge on any atom is -0.321 e. The van der Waals surface area contributed by atoms with Crippen LogP contribution in [0.3, 0.4) is 0 Å². The number of pyridine rings is 2. The van der Waals surface area contributed by atoms with Crippen molar-refractivity contribution in [2.75, 3.05) is 13.1 Å². The molecular formula is C28H25N5O. The molecule has 3 aromatic heterocycles. The molecule has 1 aliphatic heterocycles. The first-order chi connectivity index (χ1) is 16.8. The van der Waals surface area contributed by atoms with E-state index in [1.807, 2.05) is 79.0 Å². The summed E-state index contributed by atoms with van der Waals surface area (Å²) in [7, 11) is 0. The first-order valence-corrected chi connectivity index (χ1v) is 11.7. The smallest absolute Gasteiger partial charge is 0.266 e. The van der Waals surface area contributed by atoms with Gasteiger partial charge in [-0.3, -0.25) is 14.3 Å². The van der Waals surface area contributed by atoms with Crippen LogP contribution >= 0.6 is 0 Å². The zero-order valence-corrected chi connectivity index (χ0v) is 18.8. The molecule has 4 heterocycles. The van der Waals surface area contributed by atoms with Gasteiger partial charge in [0.1, 0.15) is 5.82 Å². The summed E-state index contributed by atoms with van der Waals surface area (Å²) in [6, 6.07) is 26.0. The van der Waals surface area contributed by atoms with E-state index in [1.165, 1.54) is 0 Å². The monoisotopic (exact) mass is 447 g/mol. The topological polar surface area (TPSA) is 64.7 Å². The van der Waals surface area contributed by atoms with Crippen molar-refractivity contribution >= 4 is 11.0 Å². The number of benzene rings is 2. The average molecular weight is 448 g/mol. The van der Waals surface area contributed by atoms with Crippen LogP contribution in [0, 0.1) is 0 Å². The molecule has 2 aromatic carbocycles. The Balaban J connectivity index is 1.64. The Hall–Kier alpha value is -4.03. The number of imidazole rings is 1. The van der Waals surface area contributed by atoms with Gasteiger partial charge in [0.25, 0.3) is 5.56 Å². The number of piperidine rings is 1. The third kappa shape index (κ3) is 3.62. The summed E-state index contributed by atoms with van der Waals surface area (Å²) >= 11 is 0. The van der Waals surface area contributed by atoms with Crippen LogP contribution in [0.2, 0.25) is 0 Å². The lowest BCUT2D eigenvalue weighted by atomic mass is 10.0. The van der Waals surface area contributed by atoms with Gasteiger partial charge in [-0.2, -0.15) is 0 Å². The summed E-state index contributed by atoms with van der Waals surface area (Å²) in [5, 5.41) is 3.45. The lowest BCUT2D eigenvalue weighted by Gasteiger charge is -2.26. The SMILES string of the molecule is O=c1c(-c2nc3ccccc3n2C2CCNCC2)cc(-c2ccccn2)cn1-c1ccccc1. The maximum absolute atomic E-state index is 13.9. The molecule has 1 N–H and O–H groups in total. The second-order valence-electron chi connectivity index (χ2n) is 8.64. The third-order valence-corrected chi connectivity index (χ3v) is 6.52. The number of hydrogen-bond acceptors (Lipinski definition) is 4. The van der Waals surface area contributed by atoms with Crippen molar-refractivity contribution < 1.29 is 0 Å². The molecule has 0 amide bonds. The number of hydrogen-bond donors (Lipinski definition) is 1. The number of fused-ring (bicyclic) bond motifs is 1. The molecule has 6 rings (SSSR count). The van der Waals surface area contributed by atoms with Crippen molar-refractivity contribution in [3.8, 4) is 28.3 Å². The van der Waals surface area contributed by atoms with Crippen LogP contribution in [-0.4, -0.2) is 32.2 Å². The predicted molar refractivity (Wildman–Crippen MR) is 135 cm³/mol. The first kappa shape index (κ1) is 20.6. The summed E-state index contributed by atoms with van der Waals surface area (Å²) in [5.74, 6) is 0.723. The molecule has 0 unspecified atom stereocenters. The van der Waals surface area contributed by atoms with E-state index >= 15 is 0 Å². The van der Waals surface area contributed by atoms with Crippen LogP contribution in [0.1, 0.15) is 18.9 Å². The molecule has 1 fully saturated rings. The first-order valence-electron chi connectivity index (χ1n) is 11.7. The van der Waals surface area contributed by atoms with Gasteiger partial charge in [-0.05, 0) is 68.4 Å². The molecule has 0 radical (unpaired) electrons. The summed E-state index contributed by atoms with van der Waals surface area (Å²) in [6.07, 6.45) is 5.65. The Morgan fingerprint density at radius 2 is 1.65 bits per heavy atom. The molecule has 0 saturated carbocycles. The van der Waals surface area contributed by atoms with Crippen molar-refractivity contribution in [2.45, 2.75) is 18.9 Å². The fraction of sp³-hybridized carbons (Fsp3) is 0.179. The predicted octanol–water partition coefficient (Wildman–Crippen LogP) is 4.84. The van der Waals surface area contributed by atoms with E-state index in [1.54, 1.807) is 10.8 Å². The maximum atomic E-state index is 13.9. The number of aromatic nitrogens is 4. The Bertz CT molecular complexity index is 1500. The highest BCUT2D eigenvalue weighted by Crippen LogP contribution is 2.32. The van der Waals surface area contributed by atoms with Crippen molar-refractivity contribution in [1.29, 1.82) is 0 Å². The molecule has 1 saturated heterocycles. The van der Waals surface area contributed by atoms with Crippen molar-refractivity contribution in [3.63, 3.8) is 0 Å². The van der Waals surface area contributed by atoms with Crippen molar-refractivity contribution in [2.24, 2.45) is 0 Å². The summed E-state index contributed by atoms with van der Waals surface area (Å²) in [6.45, 7) is 1.91. The third-order valence-electron chi connectivity index (χ3n) is 6.52. The normalized spacial score (nSPS) is 14.5. The van der Waals surface area contributed by atoms with E-state index < -0.39 is 0 Å². The van der Waals surface area contributed by atoms with Crippen LogP contribution in [0.5, 0.6) is 0 Å². The second kappa shape index (κ2) is 8.72. The van der Waals surface area contributed by atoms with Gasteiger partial charge in [0.05, 0.1) is 22.3 Å². The zero-order chi connectivity index (χ0) is 22.9. The fourth-order valence-corrected chi connectivity index (χ4v) is 4.87. The van der Waals surface area contributed by atoms with Gasteiger partial charge in [0, 0.05) is 29.7 Å². The number of para-hydroxylation sites is 3. The largest absolute Gasteiger partial charge is 0.321 e. The van der Waals surface area contributed by atoms with Gasteiger partial charge in [0.2, 0.25) is 0 Å². The fourth-order valence-electron chi connectivity index (χ4n) is 4.87. The molecule has 6 nitrogen and oxygen atoms in total. The quantitative estimate of drug-likeness (QED) is 0.428. The van der Waals surface area contributed by atoms with Crippen LogP contribution < -0.4 is 10.9 Å². The summed E-state index contributed by atoms with van der Waals surface area (Å²) in [5.41, 5.74) is 4.98. The molecule has 34 heavy (non-hydrogen) atoms. The van der Waals surface area contributed by atoms with Crippen LogP contribution in [0.25, 0.3) is 39.4 Å². The maximum Gasteiger partial charge on any atom is 0.266 e. The molecule has 6 heteroatoms. The van der Waals surface area contributed by atoms with E-state index in [4.69, 9.17) is 4.98 Å². The number of rotatable bonds is 4. The molecule has 168 valence electrons. The minimum atomic E-state index is -0.0867. The van der Waals surface area contributed by atoms with E-state index in [0.29, 0.717) is 5.56 Å². The Morgan fingerprint density at radius 1 is 0.882 bits per heavy atom. The van der Waals surface area contributed by atoms with Crippen LogP contribution in [0.4, 0.5) is 0 Å². The highest BCUT2D eigenvalue weighted by atomic mass is 16.1. The van der Waals surface area contributed by atoms with E-state index in [0.717, 1.165) is 59.7 Å². The van der Waals surface area contributed by atoms with Gasteiger partial charge in [-0.25, -0.2) is 4.98 Å².